The third-order valence-electron chi connectivity index (χ3n) is 2.72. The molecule has 0 amide bonds. The number of hydrogen-bond donors (Lipinski definition) is 0. The van der Waals surface area contributed by atoms with Gasteiger partial charge in [-0.25, -0.2) is 0 Å². The monoisotopic (exact) mass is 245 g/mol. The van der Waals surface area contributed by atoms with E-state index in [1.807, 2.05) is 31.2 Å². The highest BCUT2D eigenvalue weighted by atomic mass is 35.5. The van der Waals surface area contributed by atoms with E-state index < -0.39 is 0 Å². The standard InChI is InChI=1S/C14H12ClNO/c1-9-13(4-3-5-14(9)15)12-6-11(10(2)17)7-16-8-12/h3-8H,1-2H3. The first-order valence-corrected chi connectivity index (χ1v) is 5.69. The number of halogens is 1. The Morgan fingerprint density at radius 3 is 2.76 bits per heavy atom. The summed E-state index contributed by atoms with van der Waals surface area (Å²) >= 11 is 6.08. The van der Waals surface area contributed by atoms with Gasteiger partial charge in [0.05, 0.1) is 0 Å². The highest BCUT2D eigenvalue weighted by molar-refractivity contribution is 6.31. The molecule has 1 aromatic carbocycles. The van der Waals surface area contributed by atoms with E-state index in [1.54, 1.807) is 12.4 Å². The van der Waals surface area contributed by atoms with Crippen LogP contribution in [0, 0.1) is 6.92 Å². The van der Waals surface area contributed by atoms with E-state index in [9.17, 15) is 4.79 Å². The zero-order valence-electron chi connectivity index (χ0n) is 9.70. The Morgan fingerprint density at radius 2 is 2.06 bits per heavy atom. The minimum Gasteiger partial charge on any atom is -0.294 e. The molecule has 0 aliphatic heterocycles. The van der Waals surface area contributed by atoms with E-state index in [4.69, 9.17) is 11.6 Å². The summed E-state index contributed by atoms with van der Waals surface area (Å²) in [6.07, 6.45) is 3.32. The van der Waals surface area contributed by atoms with Gasteiger partial charge in [0.2, 0.25) is 0 Å². The number of carbonyl (C=O) groups is 1. The molecular formula is C14H12ClNO. The Hall–Kier alpha value is -1.67. The van der Waals surface area contributed by atoms with Crippen molar-refractivity contribution in [3.8, 4) is 11.1 Å². The number of benzene rings is 1. The molecule has 17 heavy (non-hydrogen) atoms. The molecule has 0 unspecified atom stereocenters. The fraction of sp³-hybridized carbons (Fsp3) is 0.143. The fourth-order valence-electron chi connectivity index (χ4n) is 1.70. The van der Waals surface area contributed by atoms with Gasteiger partial charge in [-0.1, -0.05) is 23.7 Å². The smallest absolute Gasteiger partial charge is 0.161 e. The van der Waals surface area contributed by atoms with Crippen molar-refractivity contribution in [2.75, 3.05) is 0 Å². The largest absolute Gasteiger partial charge is 0.294 e. The van der Waals surface area contributed by atoms with E-state index in [0.29, 0.717) is 5.56 Å². The lowest BCUT2D eigenvalue weighted by molar-refractivity contribution is 0.101. The molecular weight excluding hydrogens is 234 g/mol. The van der Waals surface area contributed by atoms with Crippen LogP contribution >= 0.6 is 11.6 Å². The Bertz CT molecular complexity index is 578. The molecule has 0 aliphatic carbocycles. The van der Waals surface area contributed by atoms with E-state index in [1.165, 1.54) is 6.92 Å². The Labute approximate surface area is 105 Å². The summed E-state index contributed by atoms with van der Waals surface area (Å²) in [7, 11) is 0. The fourth-order valence-corrected chi connectivity index (χ4v) is 1.87. The van der Waals surface area contributed by atoms with Gasteiger partial charge < -0.3 is 0 Å². The maximum Gasteiger partial charge on any atom is 0.161 e. The van der Waals surface area contributed by atoms with Crippen LogP contribution in [0.4, 0.5) is 0 Å². The number of ketones is 1. The lowest BCUT2D eigenvalue weighted by atomic mass is 10.0. The van der Waals surface area contributed by atoms with Crippen LogP contribution in [0.3, 0.4) is 0 Å². The Morgan fingerprint density at radius 1 is 1.29 bits per heavy atom. The molecule has 0 spiro atoms. The number of Topliss-reactive ketones (excluding diaryl/α,β-unsaturated/α-hetero) is 1. The van der Waals surface area contributed by atoms with Crippen LogP contribution in [0.5, 0.6) is 0 Å². The van der Waals surface area contributed by atoms with Crippen molar-refractivity contribution < 1.29 is 4.79 Å². The van der Waals surface area contributed by atoms with Crippen LogP contribution in [0.15, 0.2) is 36.7 Å². The predicted octanol–water partition coefficient (Wildman–Crippen LogP) is 3.91. The minimum atomic E-state index is 0.0130. The second-order valence-electron chi connectivity index (χ2n) is 3.93. The first kappa shape index (κ1) is 11.8. The van der Waals surface area contributed by atoms with Crippen molar-refractivity contribution in [1.29, 1.82) is 0 Å². The summed E-state index contributed by atoms with van der Waals surface area (Å²) in [5.41, 5.74) is 3.53. The maximum atomic E-state index is 11.3. The second-order valence-corrected chi connectivity index (χ2v) is 4.34. The number of carbonyl (C=O) groups excluding carboxylic acids is 1. The molecule has 2 rings (SSSR count). The molecule has 2 nitrogen and oxygen atoms in total. The van der Waals surface area contributed by atoms with Gasteiger partial charge in [-0.2, -0.15) is 0 Å². The summed E-state index contributed by atoms with van der Waals surface area (Å²) in [6.45, 7) is 3.49. The minimum absolute atomic E-state index is 0.0130. The van der Waals surface area contributed by atoms with Crippen LogP contribution in [0.25, 0.3) is 11.1 Å². The quantitative estimate of drug-likeness (QED) is 0.751. The molecule has 1 aromatic heterocycles. The Kier molecular flexibility index (Phi) is 3.25. The molecule has 0 saturated heterocycles. The van der Waals surface area contributed by atoms with Crippen molar-refractivity contribution in [3.05, 3.63) is 52.8 Å². The normalized spacial score (nSPS) is 10.3. The third kappa shape index (κ3) is 2.37. The van der Waals surface area contributed by atoms with Crippen molar-refractivity contribution >= 4 is 17.4 Å². The molecule has 0 atom stereocenters. The molecule has 0 aliphatic rings. The molecule has 1 heterocycles. The van der Waals surface area contributed by atoms with Crippen molar-refractivity contribution in [1.82, 2.24) is 4.98 Å². The molecule has 2 aromatic rings. The average molecular weight is 246 g/mol. The van der Waals surface area contributed by atoms with Gasteiger partial charge in [0.1, 0.15) is 0 Å². The first-order chi connectivity index (χ1) is 8.09. The second kappa shape index (κ2) is 4.68. The van der Waals surface area contributed by atoms with Crippen molar-refractivity contribution in [2.45, 2.75) is 13.8 Å². The molecule has 0 N–H and O–H groups in total. The molecule has 0 saturated carbocycles. The molecule has 86 valence electrons. The Balaban J connectivity index is 2.57. The average Bonchev–Trinajstić information content (AvgIpc) is 2.33. The lowest BCUT2D eigenvalue weighted by Gasteiger charge is -2.08. The highest BCUT2D eigenvalue weighted by Gasteiger charge is 2.07. The zero-order valence-corrected chi connectivity index (χ0v) is 10.5. The highest BCUT2D eigenvalue weighted by Crippen LogP contribution is 2.28. The molecule has 3 heteroatoms. The molecule has 0 fully saturated rings. The topological polar surface area (TPSA) is 30.0 Å². The van der Waals surface area contributed by atoms with Gasteiger partial charge in [-0.3, -0.25) is 9.78 Å². The van der Waals surface area contributed by atoms with Crippen LogP contribution < -0.4 is 0 Å². The number of aromatic nitrogens is 1. The van der Waals surface area contributed by atoms with E-state index in [-0.39, 0.29) is 5.78 Å². The van der Waals surface area contributed by atoms with Gasteiger partial charge in [0.15, 0.2) is 5.78 Å². The van der Waals surface area contributed by atoms with Gasteiger partial charge in [0, 0.05) is 28.5 Å². The first-order valence-electron chi connectivity index (χ1n) is 5.31. The maximum absolute atomic E-state index is 11.3. The summed E-state index contributed by atoms with van der Waals surface area (Å²) < 4.78 is 0. The summed E-state index contributed by atoms with van der Waals surface area (Å²) in [6, 6.07) is 7.56. The number of pyridine rings is 1. The SMILES string of the molecule is CC(=O)c1cncc(-c2cccc(Cl)c2C)c1. The molecule has 0 bridgehead atoms. The van der Waals surface area contributed by atoms with Gasteiger partial charge in [-0.05, 0) is 37.1 Å². The third-order valence-corrected chi connectivity index (χ3v) is 3.13. The van der Waals surface area contributed by atoms with E-state index in [0.717, 1.165) is 21.7 Å². The summed E-state index contributed by atoms with van der Waals surface area (Å²) in [5.74, 6) is 0.0130. The zero-order chi connectivity index (χ0) is 12.4. The summed E-state index contributed by atoms with van der Waals surface area (Å²) in [4.78, 5) is 15.4. The number of hydrogen-bond acceptors (Lipinski definition) is 2. The number of rotatable bonds is 2. The van der Waals surface area contributed by atoms with E-state index in [2.05, 4.69) is 4.98 Å². The van der Waals surface area contributed by atoms with Crippen LogP contribution in [0.2, 0.25) is 5.02 Å². The van der Waals surface area contributed by atoms with Crippen LogP contribution in [-0.4, -0.2) is 10.8 Å². The van der Waals surface area contributed by atoms with Gasteiger partial charge in [0.25, 0.3) is 0 Å². The van der Waals surface area contributed by atoms with Crippen molar-refractivity contribution in [3.63, 3.8) is 0 Å². The number of nitrogens with zero attached hydrogens (tertiary/aromatic N) is 1. The van der Waals surface area contributed by atoms with E-state index >= 15 is 0 Å². The van der Waals surface area contributed by atoms with Crippen LogP contribution in [0.1, 0.15) is 22.8 Å². The summed E-state index contributed by atoms with van der Waals surface area (Å²) in [5, 5.41) is 0.718. The predicted molar refractivity (Wildman–Crippen MR) is 69.4 cm³/mol. The van der Waals surface area contributed by atoms with Gasteiger partial charge >= 0.3 is 0 Å². The lowest BCUT2D eigenvalue weighted by Crippen LogP contribution is -1.94. The molecule has 0 radical (unpaired) electrons. The van der Waals surface area contributed by atoms with Crippen molar-refractivity contribution in [2.24, 2.45) is 0 Å². The van der Waals surface area contributed by atoms with Crippen LogP contribution in [-0.2, 0) is 0 Å². The van der Waals surface area contributed by atoms with Gasteiger partial charge in [-0.15, -0.1) is 0 Å².